The van der Waals surface area contributed by atoms with Gasteiger partial charge in [-0.25, -0.2) is 4.79 Å². The molecule has 16 atom stereocenters. The average Bonchev–Trinajstić information content (AvgIpc) is 1.75. The van der Waals surface area contributed by atoms with Gasteiger partial charge in [0.15, 0.2) is 5.96 Å². The van der Waals surface area contributed by atoms with Crippen LogP contribution < -0.4 is 109 Å². The zero-order chi connectivity index (χ0) is 94.1. The number of nitrogens with one attached hydrogen (secondary N) is 15. The number of hydrogen-bond donors (Lipinski definition) is 27. The largest absolute Gasteiger partial charge is 0.508 e. The number of likely N-dealkylation sites (tertiary alicyclic amines) is 2. The number of hydrogen-bond acceptors (Lipinski definition) is 27. The second-order valence-electron chi connectivity index (χ2n) is 30.6. The summed E-state index contributed by atoms with van der Waals surface area (Å²) >= 11 is 0. The van der Waals surface area contributed by atoms with Crippen LogP contribution in [0.2, 0.25) is 0 Å². The van der Waals surface area contributed by atoms with Crippen LogP contribution in [0.15, 0.2) is 24.3 Å². The molecule has 0 unspecified atom stereocenters. The molecule has 0 spiro atoms. The van der Waals surface area contributed by atoms with E-state index in [1.54, 1.807) is 13.8 Å². The van der Waals surface area contributed by atoms with Gasteiger partial charge in [0.1, 0.15) is 90.3 Å². The lowest BCUT2D eigenvalue weighted by Crippen LogP contribution is -2.62. The normalized spacial score (nSPS) is 16.9. The van der Waals surface area contributed by atoms with Gasteiger partial charge in [-0.3, -0.25) is 96.5 Å². The van der Waals surface area contributed by atoms with Crippen LogP contribution in [0.5, 0.6) is 5.75 Å². The first-order valence-electron chi connectivity index (χ1n) is 40.9. The number of aliphatic hydroxyl groups is 2. The Bertz CT molecular complexity index is 3950. The summed E-state index contributed by atoms with van der Waals surface area (Å²) in [7, 11) is 0. The number of unbranched alkanes of at least 4 members (excludes halogenated alkanes) is 2. The summed E-state index contributed by atoms with van der Waals surface area (Å²) < 4.78 is 0. The van der Waals surface area contributed by atoms with E-state index in [0.717, 1.165) is 9.80 Å². The quantitative estimate of drug-likeness (QED) is 0.0164. The average molecular weight is 1770 g/mol. The van der Waals surface area contributed by atoms with Crippen molar-refractivity contribution >= 4 is 124 Å². The van der Waals surface area contributed by atoms with E-state index in [1.165, 1.54) is 45.0 Å². The van der Waals surface area contributed by atoms with Crippen LogP contribution in [0, 0.1) is 17.2 Å². The fraction of sp³-hybridized carbons (Fsp3) is 0.645. The molecule has 1 aromatic carbocycles. The third-order valence-corrected chi connectivity index (χ3v) is 20.4. The Labute approximate surface area is 719 Å². The molecule has 0 aromatic heterocycles. The maximum Gasteiger partial charge on any atom is 0.326 e. The molecule has 1 aromatic rings. The van der Waals surface area contributed by atoms with Gasteiger partial charge in [-0.05, 0) is 133 Å². The predicted octanol–water partition coefficient (Wildman–Crippen LogP) is -10.4. The summed E-state index contributed by atoms with van der Waals surface area (Å²) in [6, 6.07) is -18.7. The fourth-order valence-electron chi connectivity index (χ4n) is 13.3. The molecule has 3 rings (SSSR count). The summed E-state index contributed by atoms with van der Waals surface area (Å²) in [5.74, 6) is -24.5. The van der Waals surface area contributed by atoms with Crippen LogP contribution in [0.25, 0.3) is 0 Å². The minimum atomic E-state index is -2.02. The van der Waals surface area contributed by atoms with E-state index in [-0.39, 0.29) is 116 Å². The molecule has 0 radical (unpaired) electrons. The van der Waals surface area contributed by atoms with Crippen molar-refractivity contribution in [3.8, 4) is 5.75 Å². The molecular formula is C76H123N23O26. The number of aliphatic carboxylic acids is 3. The molecule has 33 N–H and O–H groups in total. The van der Waals surface area contributed by atoms with Gasteiger partial charge >= 0.3 is 17.9 Å². The Kier molecular flexibility index (Phi) is 46.2. The van der Waals surface area contributed by atoms with E-state index in [1.807, 2.05) is 0 Å². The Morgan fingerprint density at radius 1 is 0.464 bits per heavy atom. The minimum absolute atomic E-state index is 0.00503. The molecule has 2 heterocycles. The summed E-state index contributed by atoms with van der Waals surface area (Å²) in [6.45, 7) is 4.43. The van der Waals surface area contributed by atoms with Gasteiger partial charge in [0.05, 0.1) is 45.1 Å². The van der Waals surface area contributed by atoms with Crippen LogP contribution in [0.3, 0.4) is 0 Å². The molecule has 49 heteroatoms. The van der Waals surface area contributed by atoms with Crippen LogP contribution in [0.1, 0.15) is 156 Å². The van der Waals surface area contributed by atoms with Gasteiger partial charge < -0.3 is 149 Å². The number of primary amides is 2. The standard InChI is InChI=1S/C76H123N23O26/c1-6-38(4)60(72(121)95-51(36-101)74(123)99-29-13-18-53(99)70(119)91-46(23-24-54(80)103)62(111)85-34-56(105)87-49(75(124)125)30-40-19-21-41(102)22-20-40)97-65(114)44(15-8-10-26-78)89-68(117)50(35-100)94-64(113)45(16-11-27-84-76(82)83)90-69(118)52-17-12-28-98(52)73(122)39(5)86-71(120)59(37(2)3)96-67(116)47(32-55(81)104)92-66(115)48(33-58(108)109)93-63(112)43(14-7-9-25-77)88-61(110)42(79)31-57(106)107/h19-22,37-39,42-53,59-60,100-102H,6-18,23-36,77-79H2,1-5H3,(H2,80,103)(H2,81,104)(H,85,111)(H,86,120)(H,87,105)(H,88,110)(H,89,117)(H,90,118)(H,91,119)(H,92,115)(H,93,112)(H,94,113)(H,95,121)(H,96,116)(H,97,114)(H,106,107)(H,108,109)(H,124,125)(H4,82,83,84)/t38-,39-,42-,43-,44-,45-,46-,47-,48-,49-,50-,51-,52-,53-,59-,60-/m0/s1. The number of carbonyl (C=O) groups excluding carboxylic acids is 17. The number of rotatable bonds is 57. The highest BCUT2D eigenvalue weighted by atomic mass is 16.4. The number of nitrogens with two attached hydrogens (primary N) is 6. The van der Waals surface area contributed by atoms with E-state index < -0.39 is 279 Å². The Hall–Kier alpha value is -12.5. The molecular weight excluding hydrogens is 1650 g/mol. The summed E-state index contributed by atoms with van der Waals surface area (Å²) in [5, 5.41) is 101. The SMILES string of the molecule is CC[C@H](C)[C@H](NC(=O)[C@H](CCCCN)NC(=O)[C@H](CO)NC(=O)[C@H](CCCNC(=N)N)NC(=O)[C@@H]1CCCN1C(=O)[C@H](C)NC(=O)[C@@H](NC(=O)[C@H](CC(N)=O)NC(=O)[C@H](CC(=O)O)NC(=O)[C@H](CCCCN)NC(=O)[C@@H](N)CC(=O)O)C(C)C)C(=O)N[C@@H](CO)C(=O)N1CCC[C@H]1C(=O)N[C@@H](CCC(N)=O)C(=O)NCC(=O)N[C@@H](Cc1ccc(O)cc1)C(=O)O. The molecule has 2 aliphatic heterocycles. The second kappa shape index (κ2) is 54.2. The highest BCUT2D eigenvalue weighted by molar-refractivity contribution is 6.02. The van der Waals surface area contributed by atoms with Gasteiger partial charge in [-0.15, -0.1) is 0 Å². The van der Waals surface area contributed by atoms with Gasteiger partial charge in [-0.2, -0.15) is 0 Å². The van der Waals surface area contributed by atoms with Gasteiger partial charge in [0.2, 0.25) is 100 Å². The van der Waals surface area contributed by atoms with Crippen molar-refractivity contribution < 1.29 is 127 Å². The van der Waals surface area contributed by atoms with Crippen molar-refractivity contribution in [1.82, 2.24) is 84.2 Å². The molecule has 2 aliphatic rings. The van der Waals surface area contributed by atoms with Gasteiger partial charge in [0, 0.05) is 32.5 Å². The molecule has 49 nitrogen and oxygen atoms in total. The van der Waals surface area contributed by atoms with Crippen LogP contribution in [0.4, 0.5) is 0 Å². The molecule has 0 bridgehead atoms. The molecule has 125 heavy (non-hydrogen) atoms. The first-order chi connectivity index (χ1) is 58.9. The third-order valence-electron chi connectivity index (χ3n) is 20.4. The van der Waals surface area contributed by atoms with E-state index in [4.69, 9.17) is 44.9 Å². The lowest BCUT2D eigenvalue weighted by molar-refractivity contribution is -0.143. The van der Waals surface area contributed by atoms with Crippen molar-refractivity contribution in [3.05, 3.63) is 29.8 Å². The van der Waals surface area contributed by atoms with Crippen molar-refractivity contribution in [2.75, 3.05) is 52.5 Å². The zero-order valence-electron chi connectivity index (χ0n) is 70.4. The molecule has 2 fully saturated rings. The number of aromatic hydroxyl groups is 1. The maximum atomic E-state index is 14.5. The van der Waals surface area contributed by atoms with Crippen LogP contribution in [-0.4, -0.2) is 308 Å². The molecule has 17 amide bonds. The number of carbonyl (C=O) groups is 20. The van der Waals surface area contributed by atoms with Crippen LogP contribution >= 0.6 is 0 Å². The molecule has 0 aliphatic carbocycles. The Morgan fingerprint density at radius 3 is 1.39 bits per heavy atom. The van der Waals surface area contributed by atoms with E-state index in [0.29, 0.717) is 18.4 Å². The first-order valence-corrected chi connectivity index (χ1v) is 40.9. The highest BCUT2D eigenvalue weighted by Crippen LogP contribution is 2.23. The van der Waals surface area contributed by atoms with Gasteiger partial charge in [0.25, 0.3) is 0 Å². The van der Waals surface area contributed by atoms with E-state index in [9.17, 15) is 121 Å². The molecule has 2 saturated heterocycles. The minimum Gasteiger partial charge on any atom is -0.508 e. The number of phenols is 1. The first kappa shape index (κ1) is 107. The summed E-state index contributed by atoms with van der Waals surface area (Å²) in [4.78, 5) is 271. The Morgan fingerprint density at radius 2 is 0.904 bits per heavy atom. The topological polar surface area (TPSA) is 818 Å². The maximum absolute atomic E-state index is 14.5. The number of carboxylic acid groups (broad SMARTS) is 3. The van der Waals surface area contributed by atoms with Crippen molar-refractivity contribution in [1.29, 1.82) is 5.41 Å². The number of aliphatic hydroxyl groups excluding tert-OH is 2. The summed E-state index contributed by atoms with van der Waals surface area (Å²) in [6.07, 6.45) is -2.99. The second-order valence-corrected chi connectivity index (χ2v) is 30.6. The van der Waals surface area contributed by atoms with Gasteiger partial charge in [-0.1, -0.05) is 46.2 Å². The summed E-state index contributed by atoms with van der Waals surface area (Å²) in [5.41, 5.74) is 33.7. The third kappa shape index (κ3) is 36.8. The number of nitrogens with zero attached hydrogens (tertiary/aromatic N) is 2. The number of guanidine groups is 1. The monoisotopic (exact) mass is 1770 g/mol. The van der Waals surface area contributed by atoms with Crippen molar-refractivity contribution in [2.24, 2.45) is 46.2 Å². The smallest absolute Gasteiger partial charge is 0.326 e. The van der Waals surface area contributed by atoms with Crippen molar-refractivity contribution in [2.45, 2.75) is 247 Å². The van der Waals surface area contributed by atoms with Crippen molar-refractivity contribution in [3.63, 3.8) is 0 Å². The predicted molar refractivity (Wildman–Crippen MR) is 439 cm³/mol. The molecule has 698 valence electrons. The number of amides is 17. The van der Waals surface area contributed by atoms with Crippen LogP contribution in [-0.2, 0) is 102 Å². The lowest BCUT2D eigenvalue weighted by Gasteiger charge is -2.31. The van der Waals surface area contributed by atoms with E-state index in [2.05, 4.69) is 74.4 Å². The number of carboxylic acids is 3. The molecule has 0 saturated carbocycles. The lowest BCUT2D eigenvalue weighted by atomic mass is 9.97. The zero-order valence-corrected chi connectivity index (χ0v) is 70.4. The highest BCUT2D eigenvalue weighted by Gasteiger charge is 2.44. The fourth-order valence-corrected chi connectivity index (χ4v) is 13.3. The Balaban J connectivity index is 1.81. The van der Waals surface area contributed by atoms with E-state index >= 15 is 0 Å². The number of phenolic OH excluding ortho intramolecular Hbond substituents is 1. The number of benzene rings is 1.